The Kier molecular flexibility index (Phi) is 6.31. The van der Waals surface area contributed by atoms with Gasteiger partial charge in [-0.25, -0.2) is 21.6 Å². The molecule has 0 N–H and O–H groups in total. The average molecular weight is 425 g/mol. The highest BCUT2D eigenvalue weighted by Crippen LogP contribution is 2.29. The molecule has 1 atom stereocenters. The summed E-state index contributed by atoms with van der Waals surface area (Å²) in [5.41, 5.74) is -0.265. The Morgan fingerprint density at radius 3 is 2.14 bits per heavy atom. The summed E-state index contributed by atoms with van der Waals surface area (Å²) in [6.07, 6.45) is 3.00. The number of carbonyl (C=O) groups is 1. The number of hydrogen-bond acceptors (Lipinski definition) is 3. The molecule has 0 saturated heterocycles. The number of rotatable bonds is 6. The standard InChI is InChI=1S/C21H22F3NO3S/c1-14(29(27,28)17-11-9-15(22)10-12-17)21(26)25(16-5-2-3-6-16)13-18-19(23)7-4-8-20(18)24/h4,7-12,14,16H,2-3,5-6,13H2,1H3. The fourth-order valence-electron chi connectivity index (χ4n) is 3.65. The van der Waals surface area contributed by atoms with E-state index < -0.39 is 38.4 Å². The molecular formula is C21H22F3NO3S. The topological polar surface area (TPSA) is 54.5 Å². The molecule has 0 bridgehead atoms. The maximum Gasteiger partial charge on any atom is 0.241 e. The van der Waals surface area contributed by atoms with Gasteiger partial charge < -0.3 is 4.90 Å². The van der Waals surface area contributed by atoms with Gasteiger partial charge in [-0.15, -0.1) is 0 Å². The molecule has 0 aromatic heterocycles. The molecule has 0 heterocycles. The summed E-state index contributed by atoms with van der Waals surface area (Å²) < 4.78 is 67.2. The highest BCUT2D eigenvalue weighted by molar-refractivity contribution is 7.92. The second-order valence-electron chi connectivity index (χ2n) is 7.25. The van der Waals surface area contributed by atoms with E-state index in [9.17, 15) is 26.4 Å². The van der Waals surface area contributed by atoms with Gasteiger partial charge in [-0.2, -0.15) is 0 Å². The zero-order valence-electron chi connectivity index (χ0n) is 15.9. The number of carbonyl (C=O) groups excluding carboxylic acids is 1. The zero-order valence-corrected chi connectivity index (χ0v) is 16.8. The summed E-state index contributed by atoms with van der Waals surface area (Å²) in [6.45, 7) is 0.909. The van der Waals surface area contributed by atoms with Gasteiger partial charge in [0, 0.05) is 11.6 Å². The van der Waals surface area contributed by atoms with Gasteiger partial charge in [0.15, 0.2) is 9.84 Å². The first-order chi connectivity index (χ1) is 13.7. The van der Waals surface area contributed by atoms with E-state index in [1.54, 1.807) is 0 Å². The molecule has 1 saturated carbocycles. The molecule has 0 spiro atoms. The van der Waals surface area contributed by atoms with Gasteiger partial charge in [-0.05, 0) is 56.2 Å². The van der Waals surface area contributed by atoms with E-state index in [1.165, 1.54) is 17.9 Å². The third kappa shape index (κ3) is 4.47. The molecule has 29 heavy (non-hydrogen) atoms. The van der Waals surface area contributed by atoms with Gasteiger partial charge in [0.05, 0.1) is 11.4 Å². The minimum Gasteiger partial charge on any atom is -0.334 e. The Morgan fingerprint density at radius 2 is 1.59 bits per heavy atom. The van der Waals surface area contributed by atoms with Crippen molar-refractivity contribution in [3.63, 3.8) is 0 Å². The van der Waals surface area contributed by atoms with E-state index >= 15 is 0 Å². The van der Waals surface area contributed by atoms with Crippen molar-refractivity contribution in [3.8, 4) is 0 Å². The molecule has 3 rings (SSSR count). The number of hydrogen-bond donors (Lipinski definition) is 0. The van der Waals surface area contributed by atoms with Crippen LogP contribution in [-0.2, 0) is 21.2 Å². The number of amides is 1. The lowest BCUT2D eigenvalue weighted by Gasteiger charge is -2.31. The van der Waals surface area contributed by atoms with Crippen molar-refractivity contribution in [2.24, 2.45) is 0 Å². The minimum atomic E-state index is -4.09. The van der Waals surface area contributed by atoms with Gasteiger partial charge in [0.25, 0.3) is 0 Å². The lowest BCUT2D eigenvalue weighted by Crippen LogP contribution is -2.46. The molecule has 4 nitrogen and oxygen atoms in total. The molecule has 2 aromatic rings. The maximum atomic E-state index is 14.2. The lowest BCUT2D eigenvalue weighted by molar-refractivity contribution is -0.133. The van der Waals surface area contributed by atoms with E-state index in [0.717, 1.165) is 49.2 Å². The van der Waals surface area contributed by atoms with E-state index in [0.29, 0.717) is 12.8 Å². The van der Waals surface area contributed by atoms with E-state index in [1.807, 2.05) is 0 Å². The third-order valence-corrected chi connectivity index (χ3v) is 7.46. The van der Waals surface area contributed by atoms with Crippen LogP contribution in [0.3, 0.4) is 0 Å². The van der Waals surface area contributed by atoms with Gasteiger partial charge in [-0.3, -0.25) is 4.79 Å². The highest BCUT2D eigenvalue weighted by atomic mass is 32.2. The molecule has 0 aliphatic heterocycles. The summed E-state index contributed by atoms with van der Waals surface area (Å²) in [7, 11) is -4.09. The zero-order chi connectivity index (χ0) is 21.2. The summed E-state index contributed by atoms with van der Waals surface area (Å²) in [4.78, 5) is 14.3. The van der Waals surface area contributed by atoms with Crippen LogP contribution in [0.5, 0.6) is 0 Å². The van der Waals surface area contributed by atoms with Gasteiger partial charge in [0.2, 0.25) is 5.91 Å². The monoisotopic (exact) mass is 425 g/mol. The van der Waals surface area contributed by atoms with Crippen LogP contribution in [0.15, 0.2) is 47.4 Å². The summed E-state index contributed by atoms with van der Waals surface area (Å²) >= 11 is 0. The Hall–Kier alpha value is -2.35. The van der Waals surface area contributed by atoms with Crippen LogP contribution in [0, 0.1) is 17.5 Å². The lowest BCUT2D eigenvalue weighted by atomic mass is 10.1. The van der Waals surface area contributed by atoms with Gasteiger partial charge >= 0.3 is 0 Å². The van der Waals surface area contributed by atoms with Crippen molar-refractivity contribution in [2.75, 3.05) is 0 Å². The maximum absolute atomic E-state index is 14.2. The molecule has 1 amide bonds. The Morgan fingerprint density at radius 1 is 1.03 bits per heavy atom. The highest BCUT2D eigenvalue weighted by Gasteiger charge is 2.37. The first kappa shape index (κ1) is 21.4. The van der Waals surface area contributed by atoms with Crippen molar-refractivity contribution in [1.29, 1.82) is 0 Å². The minimum absolute atomic E-state index is 0.178. The average Bonchev–Trinajstić information content (AvgIpc) is 3.21. The van der Waals surface area contributed by atoms with Crippen LogP contribution >= 0.6 is 0 Å². The quantitative estimate of drug-likeness (QED) is 0.651. The summed E-state index contributed by atoms with van der Waals surface area (Å²) in [5, 5.41) is -1.47. The van der Waals surface area contributed by atoms with Crippen LogP contribution in [-0.4, -0.2) is 30.5 Å². The van der Waals surface area contributed by atoms with Crippen molar-refractivity contribution in [1.82, 2.24) is 4.90 Å². The molecule has 1 aliphatic rings. The van der Waals surface area contributed by atoms with Crippen molar-refractivity contribution >= 4 is 15.7 Å². The molecule has 156 valence electrons. The number of sulfone groups is 1. The Bertz CT molecular complexity index is 966. The number of nitrogens with zero attached hydrogens (tertiary/aromatic N) is 1. The largest absolute Gasteiger partial charge is 0.334 e. The van der Waals surface area contributed by atoms with Crippen LogP contribution < -0.4 is 0 Å². The first-order valence-electron chi connectivity index (χ1n) is 9.44. The Balaban J connectivity index is 1.92. The van der Waals surface area contributed by atoms with Crippen molar-refractivity contribution < 1.29 is 26.4 Å². The molecule has 1 unspecified atom stereocenters. The summed E-state index contributed by atoms with van der Waals surface area (Å²) in [5.74, 6) is -2.88. The smallest absolute Gasteiger partial charge is 0.241 e. The molecule has 0 radical (unpaired) electrons. The molecule has 1 aliphatic carbocycles. The van der Waals surface area contributed by atoms with Crippen molar-refractivity contribution in [2.45, 2.75) is 55.3 Å². The number of halogens is 3. The van der Waals surface area contributed by atoms with Gasteiger partial charge in [-0.1, -0.05) is 18.9 Å². The predicted molar refractivity (Wildman–Crippen MR) is 102 cm³/mol. The number of benzene rings is 2. The second-order valence-corrected chi connectivity index (χ2v) is 9.51. The van der Waals surface area contributed by atoms with E-state index in [-0.39, 0.29) is 23.0 Å². The van der Waals surface area contributed by atoms with Crippen LogP contribution in [0.2, 0.25) is 0 Å². The van der Waals surface area contributed by atoms with Crippen molar-refractivity contribution in [3.05, 3.63) is 65.5 Å². The van der Waals surface area contributed by atoms with E-state index in [4.69, 9.17) is 0 Å². The van der Waals surface area contributed by atoms with E-state index in [2.05, 4.69) is 0 Å². The normalized spacial score (nSPS) is 16.0. The summed E-state index contributed by atoms with van der Waals surface area (Å²) in [6, 6.07) is 7.38. The molecule has 2 aromatic carbocycles. The first-order valence-corrected chi connectivity index (χ1v) is 11.0. The molecule has 8 heteroatoms. The van der Waals surface area contributed by atoms with Crippen LogP contribution in [0.1, 0.15) is 38.2 Å². The predicted octanol–water partition coefficient (Wildman–Crippen LogP) is 4.24. The third-order valence-electron chi connectivity index (χ3n) is 5.39. The molecule has 1 fully saturated rings. The second kappa shape index (κ2) is 8.57. The fourth-order valence-corrected chi connectivity index (χ4v) is 4.98. The van der Waals surface area contributed by atoms with Gasteiger partial charge in [0.1, 0.15) is 22.7 Å². The SMILES string of the molecule is CC(C(=O)N(Cc1c(F)cccc1F)C1CCCC1)S(=O)(=O)c1ccc(F)cc1. The fraction of sp³-hybridized carbons (Fsp3) is 0.381. The van der Waals surface area contributed by atoms with Crippen LogP contribution in [0.4, 0.5) is 13.2 Å². The Labute approximate surface area is 168 Å². The van der Waals surface area contributed by atoms with Crippen LogP contribution in [0.25, 0.3) is 0 Å². The molecular weight excluding hydrogens is 403 g/mol.